The zero-order valence-corrected chi connectivity index (χ0v) is 14.7. The van der Waals surface area contributed by atoms with Crippen LogP contribution in [0.4, 0.5) is 13.2 Å². The minimum absolute atomic E-state index is 0.185. The first-order valence-corrected chi connectivity index (χ1v) is 9.17. The first kappa shape index (κ1) is 18.3. The lowest BCUT2D eigenvalue weighted by Gasteiger charge is -2.35. The molecule has 0 spiro atoms. The Morgan fingerprint density at radius 3 is 2.80 bits per heavy atom. The van der Waals surface area contributed by atoms with Crippen molar-refractivity contribution in [3.63, 3.8) is 0 Å². The minimum atomic E-state index is -4.12. The van der Waals surface area contributed by atoms with Crippen LogP contribution in [0, 0.1) is 5.92 Å². The van der Waals surface area contributed by atoms with Crippen LogP contribution < -0.4 is 5.32 Å². The van der Waals surface area contributed by atoms with Crippen LogP contribution in [-0.2, 0) is 6.54 Å². The Morgan fingerprint density at radius 1 is 1.40 bits per heavy atom. The Kier molecular flexibility index (Phi) is 5.75. The van der Waals surface area contributed by atoms with Crippen molar-refractivity contribution in [3.8, 4) is 10.7 Å². The summed E-state index contributed by atoms with van der Waals surface area (Å²) in [6, 6.07) is 4.05. The number of hydrogen-bond donors (Lipinski definition) is 1. The second-order valence-electron chi connectivity index (χ2n) is 6.39. The fraction of sp³-hybridized carbons (Fsp3) is 0.625. The van der Waals surface area contributed by atoms with Crippen LogP contribution in [0.3, 0.4) is 0 Å². The summed E-state index contributed by atoms with van der Waals surface area (Å²) in [5, 5.41) is 9.28. The van der Waals surface area contributed by atoms with Crippen LogP contribution in [0.2, 0.25) is 0 Å². The monoisotopic (exact) mass is 374 g/mol. The third-order valence-electron chi connectivity index (χ3n) is 4.53. The first-order chi connectivity index (χ1) is 11.9. The maximum absolute atomic E-state index is 12.4. The molecule has 1 aliphatic rings. The van der Waals surface area contributed by atoms with E-state index < -0.39 is 12.7 Å². The molecule has 0 aliphatic carbocycles. The van der Waals surface area contributed by atoms with Crippen molar-refractivity contribution in [3.05, 3.63) is 23.4 Å². The smallest absolute Gasteiger partial charge is 0.338 e. The van der Waals surface area contributed by atoms with Gasteiger partial charge in [0.1, 0.15) is 0 Å². The molecule has 25 heavy (non-hydrogen) atoms. The predicted octanol–water partition coefficient (Wildman–Crippen LogP) is 3.55. The molecule has 1 aliphatic heterocycles. The Morgan fingerprint density at radius 2 is 2.16 bits per heavy atom. The molecule has 5 nitrogen and oxygen atoms in total. The Balaban J connectivity index is 1.43. The topological polar surface area (TPSA) is 54.2 Å². The highest BCUT2D eigenvalue weighted by atomic mass is 32.1. The van der Waals surface area contributed by atoms with Crippen LogP contribution in [0.25, 0.3) is 10.7 Å². The van der Waals surface area contributed by atoms with Gasteiger partial charge in [0.2, 0.25) is 11.7 Å². The molecule has 3 rings (SSSR count). The van der Waals surface area contributed by atoms with Gasteiger partial charge >= 0.3 is 6.18 Å². The lowest BCUT2D eigenvalue weighted by atomic mass is 9.90. The van der Waals surface area contributed by atoms with Gasteiger partial charge in [-0.3, -0.25) is 4.90 Å². The second-order valence-corrected chi connectivity index (χ2v) is 7.34. The highest BCUT2D eigenvalue weighted by molar-refractivity contribution is 7.13. The van der Waals surface area contributed by atoms with Gasteiger partial charge in [0.05, 0.1) is 18.0 Å². The summed E-state index contributed by atoms with van der Waals surface area (Å²) in [5.41, 5.74) is 0. The van der Waals surface area contributed by atoms with Crippen molar-refractivity contribution in [2.45, 2.75) is 38.5 Å². The van der Waals surface area contributed by atoms with Gasteiger partial charge in [-0.2, -0.15) is 18.2 Å². The van der Waals surface area contributed by atoms with Gasteiger partial charge in [0, 0.05) is 6.04 Å². The summed E-state index contributed by atoms with van der Waals surface area (Å²) < 4.78 is 42.5. The predicted molar refractivity (Wildman–Crippen MR) is 89.1 cm³/mol. The highest BCUT2D eigenvalue weighted by Crippen LogP contribution is 2.25. The average molecular weight is 374 g/mol. The largest absolute Gasteiger partial charge is 0.401 e. The van der Waals surface area contributed by atoms with Crippen molar-refractivity contribution in [1.29, 1.82) is 0 Å². The number of likely N-dealkylation sites (tertiary alicyclic amines) is 1. The summed E-state index contributed by atoms with van der Waals surface area (Å²) in [6.45, 7) is 2.68. The molecule has 1 N–H and O–H groups in total. The quantitative estimate of drug-likeness (QED) is 0.838. The van der Waals surface area contributed by atoms with Gasteiger partial charge in [0.25, 0.3) is 0 Å². The molecule has 138 valence electrons. The molecule has 1 fully saturated rings. The molecule has 0 bridgehead atoms. The Hall–Kier alpha value is -1.45. The van der Waals surface area contributed by atoms with E-state index in [4.69, 9.17) is 4.52 Å². The fourth-order valence-corrected chi connectivity index (χ4v) is 3.76. The van der Waals surface area contributed by atoms with E-state index in [1.165, 1.54) is 4.90 Å². The van der Waals surface area contributed by atoms with E-state index >= 15 is 0 Å². The summed E-state index contributed by atoms with van der Waals surface area (Å²) in [7, 11) is 0. The number of thiophene rings is 1. The van der Waals surface area contributed by atoms with E-state index in [-0.39, 0.29) is 6.04 Å². The zero-order chi connectivity index (χ0) is 17.9. The van der Waals surface area contributed by atoms with Crippen LogP contribution in [0.1, 0.15) is 25.7 Å². The number of nitrogens with one attached hydrogen (secondary N) is 1. The molecule has 0 aromatic carbocycles. The first-order valence-electron chi connectivity index (χ1n) is 8.29. The maximum Gasteiger partial charge on any atom is 0.401 e. The normalized spacial score (nSPS) is 18.6. The van der Waals surface area contributed by atoms with Gasteiger partial charge in [-0.1, -0.05) is 11.2 Å². The summed E-state index contributed by atoms with van der Waals surface area (Å²) in [5.74, 6) is 1.45. The Bertz CT molecular complexity index is 651. The summed E-state index contributed by atoms with van der Waals surface area (Å²) in [4.78, 5) is 6.80. The van der Waals surface area contributed by atoms with E-state index in [0.29, 0.717) is 37.3 Å². The number of rotatable bonds is 6. The SMILES string of the molecule is CC(NCc1nc(-c2cccs2)no1)C1CCN(CC(F)(F)F)CC1. The average Bonchev–Trinajstić information content (AvgIpc) is 3.23. The van der Waals surface area contributed by atoms with Gasteiger partial charge in [-0.25, -0.2) is 0 Å². The number of hydrogen-bond acceptors (Lipinski definition) is 6. The number of nitrogens with zero attached hydrogens (tertiary/aromatic N) is 3. The number of aromatic nitrogens is 2. The van der Waals surface area contributed by atoms with E-state index in [1.807, 2.05) is 17.5 Å². The summed E-state index contributed by atoms with van der Waals surface area (Å²) >= 11 is 1.55. The summed E-state index contributed by atoms with van der Waals surface area (Å²) in [6.07, 6.45) is -2.60. The number of halogens is 3. The van der Waals surface area contributed by atoms with Crippen molar-refractivity contribution in [1.82, 2.24) is 20.4 Å². The molecular formula is C16H21F3N4OS. The molecule has 9 heteroatoms. The van der Waals surface area contributed by atoms with Gasteiger partial charge < -0.3 is 9.84 Å². The lowest BCUT2D eigenvalue weighted by molar-refractivity contribution is -0.148. The van der Waals surface area contributed by atoms with Crippen molar-refractivity contribution >= 4 is 11.3 Å². The molecule has 0 radical (unpaired) electrons. The molecular weight excluding hydrogens is 353 g/mol. The van der Waals surface area contributed by atoms with Gasteiger partial charge in [-0.15, -0.1) is 11.3 Å². The van der Waals surface area contributed by atoms with E-state index in [9.17, 15) is 13.2 Å². The highest BCUT2D eigenvalue weighted by Gasteiger charge is 2.33. The van der Waals surface area contributed by atoms with Gasteiger partial charge in [-0.05, 0) is 50.2 Å². The molecule has 1 unspecified atom stereocenters. The Labute approximate surface area is 148 Å². The molecule has 2 aromatic rings. The van der Waals surface area contributed by atoms with E-state index in [2.05, 4.69) is 22.4 Å². The van der Waals surface area contributed by atoms with Crippen LogP contribution in [-0.4, -0.2) is 46.9 Å². The minimum Gasteiger partial charge on any atom is -0.338 e. The van der Waals surface area contributed by atoms with Crippen molar-refractivity contribution < 1.29 is 17.7 Å². The van der Waals surface area contributed by atoms with Gasteiger partial charge in [0.15, 0.2) is 0 Å². The second kappa shape index (κ2) is 7.84. The molecule has 1 atom stereocenters. The molecule has 2 aromatic heterocycles. The molecule has 0 amide bonds. The number of piperidine rings is 1. The molecule has 1 saturated heterocycles. The third-order valence-corrected chi connectivity index (χ3v) is 5.39. The third kappa shape index (κ3) is 5.26. The van der Waals surface area contributed by atoms with Crippen molar-refractivity contribution in [2.24, 2.45) is 5.92 Å². The van der Waals surface area contributed by atoms with Crippen LogP contribution in [0.15, 0.2) is 22.0 Å². The van der Waals surface area contributed by atoms with Crippen molar-refractivity contribution in [2.75, 3.05) is 19.6 Å². The van der Waals surface area contributed by atoms with E-state index in [0.717, 1.165) is 17.7 Å². The fourth-order valence-electron chi connectivity index (χ4n) is 3.11. The molecule has 3 heterocycles. The molecule has 0 saturated carbocycles. The van der Waals surface area contributed by atoms with Crippen LogP contribution in [0.5, 0.6) is 0 Å². The maximum atomic E-state index is 12.4. The standard InChI is InChI=1S/C16H21F3N4OS/c1-11(12-4-6-23(7-5-12)10-16(17,18)19)20-9-14-21-15(22-24-14)13-3-2-8-25-13/h2-3,8,11-12,20H,4-7,9-10H2,1H3. The van der Waals surface area contributed by atoms with Crippen LogP contribution >= 0.6 is 11.3 Å². The van der Waals surface area contributed by atoms with E-state index in [1.54, 1.807) is 11.3 Å². The zero-order valence-electron chi connectivity index (χ0n) is 13.9. The lowest BCUT2D eigenvalue weighted by Crippen LogP contribution is -2.44. The number of alkyl halides is 3.